The van der Waals surface area contributed by atoms with Crippen LogP contribution in [-0.2, 0) is 22.6 Å². The van der Waals surface area contributed by atoms with E-state index in [9.17, 15) is 9.59 Å². The average Bonchev–Trinajstić information content (AvgIpc) is 2.65. The summed E-state index contributed by atoms with van der Waals surface area (Å²) in [7, 11) is 1.63. The van der Waals surface area contributed by atoms with E-state index < -0.39 is 5.97 Å². The molecule has 0 saturated heterocycles. The third kappa shape index (κ3) is 5.15. The molecule has 140 valence electrons. The molecule has 0 fully saturated rings. The Bertz CT molecular complexity index is 862. The molecule has 0 atom stereocenters. The number of nitrogens with one attached hydrogen (secondary N) is 1. The number of carboxylic acids is 1. The number of anilines is 1. The molecule has 0 saturated carbocycles. The highest BCUT2D eigenvalue weighted by Gasteiger charge is 2.18. The van der Waals surface area contributed by atoms with E-state index in [1.807, 2.05) is 30.3 Å². The third-order valence-corrected chi connectivity index (χ3v) is 4.29. The van der Waals surface area contributed by atoms with Crippen LogP contribution in [0.3, 0.4) is 0 Å². The van der Waals surface area contributed by atoms with Crippen molar-refractivity contribution < 1.29 is 19.4 Å². The Hall–Kier alpha value is -3.19. The molecule has 7 nitrogen and oxygen atoms in total. The number of rotatable bonds is 5. The standard InChI is InChI=1S/C20H21N3O4/c1-27-17-5-2-14(3-6-17)12-23-9-8-16-10-15(4-7-19(25)26)11-21-20(16)22-18(24)13-23/h2-7,10-11H,8-9,12-13H2,1H3,(H,25,26)(H,21,22,24)/b7-4+. The van der Waals surface area contributed by atoms with E-state index in [0.717, 1.165) is 23.0 Å². The van der Waals surface area contributed by atoms with Crippen molar-refractivity contribution in [1.29, 1.82) is 0 Å². The second kappa shape index (κ2) is 8.46. The van der Waals surface area contributed by atoms with Crippen LogP contribution in [0.15, 0.2) is 42.6 Å². The summed E-state index contributed by atoms with van der Waals surface area (Å²) in [5.74, 6) is 0.203. The van der Waals surface area contributed by atoms with Crippen LogP contribution in [-0.4, -0.2) is 47.1 Å². The van der Waals surface area contributed by atoms with Crippen molar-refractivity contribution in [3.05, 3.63) is 59.3 Å². The summed E-state index contributed by atoms with van der Waals surface area (Å²) in [5.41, 5.74) is 2.67. The maximum atomic E-state index is 12.3. The van der Waals surface area contributed by atoms with E-state index in [4.69, 9.17) is 9.84 Å². The van der Waals surface area contributed by atoms with Gasteiger partial charge >= 0.3 is 5.97 Å². The number of aliphatic carboxylic acids is 1. The van der Waals surface area contributed by atoms with Crippen LogP contribution in [0.25, 0.3) is 6.08 Å². The van der Waals surface area contributed by atoms with Crippen LogP contribution in [0.1, 0.15) is 16.7 Å². The zero-order valence-corrected chi connectivity index (χ0v) is 15.0. The van der Waals surface area contributed by atoms with E-state index >= 15 is 0 Å². The van der Waals surface area contributed by atoms with Crippen molar-refractivity contribution in [2.45, 2.75) is 13.0 Å². The van der Waals surface area contributed by atoms with Crippen molar-refractivity contribution in [1.82, 2.24) is 9.88 Å². The van der Waals surface area contributed by atoms with E-state index in [0.29, 0.717) is 30.9 Å². The Labute approximate surface area is 157 Å². The predicted octanol–water partition coefficient (Wildman–Crippen LogP) is 2.18. The molecule has 1 aliphatic heterocycles. The number of aromatic nitrogens is 1. The minimum Gasteiger partial charge on any atom is -0.497 e. The molecule has 0 bridgehead atoms. The van der Waals surface area contributed by atoms with Crippen LogP contribution < -0.4 is 10.1 Å². The maximum absolute atomic E-state index is 12.3. The monoisotopic (exact) mass is 367 g/mol. The zero-order chi connectivity index (χ0) is 19.2. The van der Waals surface area contributed by atoms with Gasteiger partial charge in [-0.25, -0.2) is 9.78 Å². The van der Waals surface area contributed by atoms with Gasteiger partial charge in [0, 0.05) is 25.4 Å². The van der Waals surface area contributed by atoms with Gasteiger partial charge in [-0.3, -0.25) is 9.69 Å². The summed E-state index contributed by atoms with van der Waals surface area (Å²) in [4.78, 5) is 29.3. The number of methoxy groups -OCH3 is 1. The molecule has 7 heteroatoms. The number of fused-ring (bicyclic) bond motifs is 1. The first-order valence-corrected chi connectivity index (χ1v) is 8.58. The van der Waals surface area contributed by atoms with Crippen LogP contribution in [0.4, 0.5) is 5.82 Å². The maximum Gasteiger partial charge on any atom is 0.328 e. The fourth-order valence-corrected chi connectivity index (χ4v) is 2.95. The van der Waals surface area contributed by atoms with Gasteiger partial charge in [0.1, 0.15) is 11.6 Å². The number of amides is 1. The summed E-state index contributed by atoms with van der Waals surface area (Å²) >= 11 is 0. The summed E-state index contributed by atoms with van der Waals surface area (Å²) in [5, 5.41) is 11.6. The molecular weight excluding hydrogens is 346 g/mol. The summed E-state index contributed by atoms with van der Waals surface area (Å²) in [6, 6.07) is 9.64. The van der Waals surface area contributed by atoms with Gasteiger partial charge in [0.25, 0.3) is 0 Å². The zero-order valence-electron chi connectivity index (χ0n) is 15.0. The van der Waals surface area contributed by atoms with Crippen LogP contribution in [0.2, 0.25) is 0 Å². The lowest BCUT2D eigenvalue weighted by Crippen LogP contribution is -2.36. The molecule has 27 heavy (non-hydrogen) atoms. The molecular formula is C20H21N3O4. The number of carbonyl (C=O) groups is 2. The lowest BCUT2D eigenvalue weighted by atomic mass is 10.1. The SMILES string of the molecule is COc1ccc(CN2CCc3cc(/C=C/C(=O)O)cnc3NC(=O)C2)cc1. The molecule has 0 aliphatic carbocycles. The van der Waals surface area contributed by atoms with Gasteiger partial charge in [0.05, 0.1) is 13.7 Å². The van der Waals surface area contributed by atoms with Crippen molar-refractivity contribution in [3.63, 3.8) is 0 Å². The highest BCUT2D eigenvalue weighted by Crippen LogP contribution is 2.20. The number of benzene rings is 1. The Kier molecular flexibility index (Phi) is 5.83. The van der Waals surface area contributed by atoms with Gasteiger partial charge < -0.3 is 15.2 Å². The van der Waals surface area contributed by atoms with E-state index in [1.54, 1.807) is 13.3 Å². The minimum atomic E-state index is -1.01. The second-order valence-electron chi connectivity index (χ2n) is 6.30. The largest absolute Gasteiger partial charge is 0.497 e. The first kappa shape index (κ1) is 18.6. The molecule has 0 radical (unpaired) electrons. The first-order chi connectivity index (χ1) is 13.0. The highest BCUT2D eigenvalue weighted by molar-refractivity contribution is 5.92. The second-order valence-corrected chi connectivity index (χ2v) is 6.30. The van der Waals surface area contributed by atoms with Gasteiger partial charge in [-0.05, 0) is 47.4 Å². The molecule has 0 spiro atoms. The summed E-state index contributed by atoms with van der Waals surface area (Å²) in [6.07, 6.45) is 4.81. The Morgan fingerprint density at radius 3 is 2.85 bits per heavy atom. The number of hydrogen-bond acceptors (Lipinski definition) is 5. The van der Waals surface area contributed by atoms with Gasteiger partial charge in [-0.15, -0.1) is 0 Å². The smallest absolute Gasteiger partial charge is 0.328 e. The van der Waals surface area contributed by atoms with Crippen molar-refractivity contribution in [2.75, 3.05) is 25.5 Å². The quantitative estimate of drug-likeness (QED) is 0.787. The van der Waals surface area contributed by atoms with E-state index in [-0.39, 0.29) is 12.5 Å². The number of nitrogens with zero attached hydrogens (tertiary/aromatic N) is 2. The fourth-order valence-electron chi connectivity index (χ4n) is 2.95. The van der Waals surface area contributed by atoms with E-state index in [1.165, 1.54) is 6.08 Å². The number of hydrogen-bond donors (Lipinski definition) is 2. The molecule has 1 aromatic carbocycles. The molecule has 3 rings (SSSR count). The molecule has 2 aromatic rings. The molecule has 1 amide bonds. The lowest BCUT2D eigenvalue weighted by Gasteiger charge is -2.25. The minimum absolute atomic E-state index is 0.120. The molecule has 1 aromatic heterocycles. The fraction of sp³-hybridized carbons (Fsp3) is 0.250. The molecule has 0 unspecified atom stereocenters. The predicted molar refractivity (Wildman–Crippen MR) is 102 cm³/mol. The molecule has 2 heterocycles. The van der Waals surface area contributed by atoms with E-state index in [2.05, 4.69) is 15.2 Å². The number of pyridine rings is 1. The Morgan fingerprint density at radius 2 is 2.15 bits per heavy atom. The Morgan fingerprint density at radius 1 is 1.37 bits per heavy atom. The van der Waals surface area contributed by atoms with Gasteiger partial charge in [0.15, 0.2) is 0 Å². The van der Waals surface area contributed by atoms with Crippen LogP contribution >= 0.6 is 0 Å². The normalized spacial score (nSPS) is 14.9. The van der Waals surface area contributed by atoms with Crippen molar-refractivity contribution in [3.8, 4) is 5.75 Å². The average molecular weight is 367 g/mol. The van der Waals surface area contributed by atoms with Crippen LogP contribution in [0.5, 0.6) is 5.75 Å². The van der Waals surface area contributed by atoms with Gasteiger partial charge in [-0.1, -0.05) is 12.1 Å². The summed E-state index contributed by atoms with van der Waals surface area (Å²) < 4.78 is 5.17. The highest BCUT2D eigenvalue weighted by atomic mass is 16.5. The van der Waals surface area contributed by atoms with Crippen molar-refractivity contribution in [2.24, 2.45) is 0 Å². The van der Waals surface area contributed by atoms with Crippen molar-refractivity contribution >= 4 is 23.8 Å². The summed E-state index contributed by atoms with van der Waals surface area (Å²) in [6.45, 7) is 1.63. The Balaban J connectivity index is 1.74. The topological polar surface area (TPSA) is 91.8 Å². The van der Waals surface area contributed by atoms with Crippen LogP contribution in [0, 0.1) is 0 Å². The number of ether oxygens (including phenoxy) is 1. The van der Waals surface area contributed by atoms with Gasteiger partial charge in [-0.2, -0.15) is 0 Å². The lowest BCUT2D eigenvalue weighted by molar-refractivity contribution is -0.131. The molecule has 2 N–H and O–H groups in total. The third-order valence-electron chi connectivity index (χ3n) is 4.29. The van der Waals surface area contributed by atoms with Gasteiger partial charge in [0.2, 0.25) is 5.91 Å². The number of carbonyl (C=O) groups excluding carboxylic acids is 1. The number of carboxylic acid groups (broad SMARTS) is 1. The first-order valence-electron chi connectivity index (χ1n) is 8.58. The molecule has 1 aliphatic rings.